The summed E-state index contributed by atoms with van der Waals surface area (Å²) in [7, 11) is 0. The third kappa shape index (κ3) is 4.67. The summed E-state index contributed by atoms with van der Waals surface area (Å²) < 4.78 is 14.2. The number of halogens is 1. The second-order valence-corrected chi connectivity index (χ2v) is 8.15. The summed E-state index contributed by atoms with van der Waals surface area (Å²) in [6.07, 6.45) is 4.65. The molecule has 27 heavy (non-hydrogen) atoms. The van der Waals surface area contributed by atoms with Crippen molar-refractivity contribution in [1.82, 2.24) is 4.90 Å². The fourth-order valence-electron chi connectivity index (χ4n) is 3.99. The average Bonchev–Trinajstić information content (AvgIpc) is 3.16. The molecule has 1 aliphatic rings. The van der Waals surface area contributed by atoms with Crippen LogP contribution in [0.25, 0.3) is 0 Å². The zero-order valence-electron chi connectivity index (χ0n) is 16.5. The van der Waals surface area contributed by atoms with Crippen molar-refractivity contribution in [3.63, 3.8) is 0 Å². The lowest BCUT2D eigenvalue weighted by Gasteiger charge is -2.32. The zero-order valence-corrected chi connectivity index (χ0v) is 17.3. The minimum Gasteiger partial charge on any atom is -0.342 e. The van der Waals surface area contributed by atoms with Crippen molar-refractivity contribution >= 4 is 23.0 Å². The van der Waals surface area contributed by atoms with Gasteiger partial charge in [0.1, 0.15) is 5.82 Å². The quantitative estimate of drug-likeness (QED) is 0.601. The molecule has 0 amide bonds. The molecule has 0 spiro atoms. The lowest BCUT2D eigenvalue weighted by atomic mass is 9.97. The molecule has 144 valence electrons. The molecule has 2 aromatic carbocycles. The highest BCUT2D eigenvalue weighted by atomic mass is 32.1. The molecule has 1 aliphatic carbocycles. The highest BCUT2D eigenvalue weighted by molar-refractivity contribution is 7.80. The van der Waals surface area contributed by atoms with E-state index in [4.69, 9.17) is 12.2 Å². The molecule has 3 rings (SSSR count). The zero-order chi connectivity index (χ0) is 19.4. The number of hydrogen-bond donors (Lipinski definition) is 1. The van der Waals surface area contributed by atoms with Crippen molar-refractivity contribution in [3.8, 4) is 0 Å². The van der Waals surface area contributed by atoms with E-state index >= 15 is 0 Å². The third-order valence-corrected chi connectivity index (χ3v) is 5.90. The van der Waals surface area contributed by atoms with E-state index in [2.05, 4.69) is 49.2 Å². The standard InChI is InChI=1S/C23H29FN2S/c1-16(2)20-12-8-14-22(17(20)3)25-23(27)26(19-10-5-6-11-19)15-18-9-4-7-13-21(18)24/h4,7-9,12-14,16,19H,5-6,10-11,15H2,1-3H3,(H,25,27). The fraction of sp³-hybridized carbons (Fsp3) is 0.435. The van der Waals surface area contributed by atoms with Gasteiger partial charge in [0.05, 0.1) is 0 Å². The van der Waals surface area contributed by atoms with Crippen LogP contribution in [0.2, 0.25) is 0 Å². The maximum Gasteiger partial charge on any atom is 0.173 e. The molecule has 0 atom stereocenters. The van der Waals surface area contributed by atoms with E-state index < -0.39 is 0 Å². The maximum absolute atomic E-state index is 14.2. The van der Waals surface area contributed by atoms with E-state index in [-0.39, 0.29) is 5.82 Å². The summed E-state index contributed by atoms with van der Waals surface area (Å²) in [4.78, 5) is 2.18. The SMILES string of the molecule is Cc1c(NC(=S)N(Cc2ccccc2F)C2CCCC2)cccc1C(C)C. The first-order valence-electron chi connectivity index (χ1n) is 9.88. The number of nitrogens with zero attached hydrogens (tertiary/aromatic N) is 1. The Morgan fingerprint density at radius 3 is 2.52 bits per heavy atom. The lowest BCUT2D eigenvalue weighted by molar-refractivity contribution is 0.308. The molecule has 1 fully saturated rings. The van der Waals surface area contributed by atoms with E-state index in [1.807, 2.05) is 12.1 Å². The van der Waals surface area contributed by atoms with E-state index in [1.165, 1.54) is 30.0 Å². The van der Waals surface area contributed by atoms with Crippen molar-refractivity contribution in [2.24, 2.45) is 0 Å². The Morgan fingerprint density at radius 2 is 1.85 bits per heavy atom. The van der Waals surface area contributed by atoms with E-state index in [9.17, 15) is 4.39 Å². The van der Waals surface area contributed by atoms with Crippen LogP contribution in [0.4, 0.5) is 10.1 Å². The third-order valence-electron chi connectivity index (χ3n) is 5.56. The second-order valence-electron chi connectivity index (χ2n) is 7.76. The Morgan fingerprint density at radius 1 is 1.15 bits per heavy atom. The molecular formula is C23H29FN2S. The van der Waals surface area contributed by atoms with Gasteiger partial charge in [0, 0.05) is 23.8 Å². The lowest BCUT2D eigenvalue weighted by Crippen LogP contribution is -2.41. The monoisotopic (exact) mass is 384 g/mol. The summed E-state index contributed by atoms with van der Waals surface area (Å²) in [5, 5.41) is 4.15. The predicted molar refractivity (Wildman–Crippen MR) is 116 cm³/mol. The normalized spacial score (nSPS) is 14.6. The number of thiocarbonyl (C=S) groups is 1. The molecule has 0 saturated heterocycles. The molecule has 1 N–H and O–H groups in total. The van der Waals surface area contributed by atoms with Gasteiger partial charge in [-0.15, -0.1) is 0 Å². The average molecular weight is 385 g/mol. The van der Waals surface area contributed by atoms with Gasteiger partial charge in [-0.2, -0.15) is 0 Å². The Bertz CT molecular complexity index is 797. The van der Waals surface area contributed by atoms with Gasteiger partial charge in [0.2, 0.25) is 0 Å². The van der Waals surface area contributed by atoms with E-state index in [1.54, 1.807) is 6.07 Å². The van der Waals surface area contributed by atoms with Crippen LogP contribution in [-0.2, 0) is 6.54 Å². The molecule has 2 aromatic rings. The molecule has 0 radical (unpaired) electrons. The van der Waals surface area contributed by atoms with Gasteiger partial charge < -0.3 is 10.2 Å². The van der Waals surface area contributed by atoms with Crippen LogP contribution < -0.4 is 5.32 Å². The summed E-state index contributed by atoms with van der Waals surface area (Å²) in [6.45, 7) is 7.05. The predicted octanol–water partition coefficient (Wildman–Crippen LogP) is 6.40. The molecule has 1 saturated carbocycles. The summed E-state index contributed by atoms with van der Waals surface area (Å²) in [5.41, 5.74) is 4.29. The largest absolute Gasteiger partial charge is 0.342 e. The van der Waals surface area contributed by atoms with Crippen LogP contribution >= 0.6 is 12.2 Å². The van der Waals surface area contributed by atoms with Gasteiger partial charge >= 0.3 is 0 Å². The number of nitrogens with one attached hydrogen (secondary N) is 1. The van der Waals surface area contributed by atoms with Crippen molar-refractivity contribution in [1.29, 1.82) is 0 Å². The van der Waals surface area contributed by atoms with Crippen molar-refractivity contribution in [2.75, 3.05) is 5.32 Å². The van der Waals surface area contributed by atoms with Crippen LogP contribution in [0.1, 0.15) is 62.1 Å². The molecule has 0 aliphatic heterocycles. The topological polar surface area (TPSA) is 15.3 Å². The highest BCUT2D eigenvalue weighted by Gasteiger charge is 2.26. The van der Waals surface area contributed by atoms with Gasteiger partial charge in [-0.1, -0.05) is 57.0 Å². The van der Waals surface area contributed by atoms with Crippen molar-refractivity contribution in [3.05, 3.63) is 65.0 Å². The van der Waals surface area contributed by atoms with Crippen LogP contribution in [-0.4, -0.2) is 16.1 Å². The molecule has 0 aromatic heterocycles. The van der Waals surface area contributed by atoms with Gasteiger partial charge in [0.25, 0.3) is 0 Å². The molecule has 0 bridgehead atoms. The molecule has 2 nitrogen and oxygen atoms in total. The van der Waals surface area contributed by atoms with Crippen LogP contribution in [0.15, 0.2) is 42.5 Å². The summed E-state index contributed by atoms with van der Waals surface area (Å²) in [6, 6.07) is 13.7. The fourth-order valence-corrected chi connectivity index (χ4v) is 4.32. The Hall–Kier alpha value is -1.94. The molecule has 0 unspecified atom stereocenters. The smallest absolute Gasteiger partial charge is 0.173 e. The summed E-state index contributed by atoms with van der Waals surface area (Å²) in [5.74, 6) is 0.297. The number of benzene rings is 2. The number of rotatable bonds is 5. The van der Waals surface area contributed by atoms with Crippen molar-refractivity contribution in [2.45, 2.75) is 65.0 Å². The molecule has 0 heterocycles. The first kappa shape index (κ1) is 19.8. The van der Waals surface area contributed by atoms with Gasteiger partial charge in [-0.3, -0.25) is 0 Å². The van der Waals surface area contributed by atoms with E-state index in [0.717, 1.165) is 18.5 Å². The maximum atomic E-state index is 14.2. The number of anilines is 1. The minimum absolute atomic E-state index is 0.165. The Labute approximate surface area is 167 Å². The Kier molecular flexibility index (Phi) is 6.48. The van der Waals surface area contributed by atoms with E-state index in [0.29, 0.717) is 29.2 Å². The van der Waals surface area contributed by atoms with Crippen LogP contribution in [0, 0.1) is 12.7 Å². The minimum atomic E-state index is -0.165. The van der Waals surface area contributed by atoms with Gasteiger partial charge in [0.15, 0.2) is 5.11 Å². The second kappa shape index (κ2) is 8.83. The van der Waals surface area contributed by atoms with Gasteiger partial charge in [-0.25, -0.2) is 4.39 Å². The Balaban J connectivity index is 1.83. The molecular weight excluding hydrogens is 355 g/mol. The van der Waals surface area contributed by atoms with Crippen LogP contribution in [0.3, 0.4) is 0 Å². The number of hydrogen-bond acceptors (Lipinski definition) is 1. The first-order chi connectivity index (χ1) is 13.0. The van der Waals surface area contributed by atoms with Crippen LogP contribution in [0.5, 0.6) is 0 Å². The summed E-state index contributed by atoms with van der Waals surface area (Å²) >= 11 is 5.80. The molecule has 4 heteroatoms. The first-order valence-corrected chi connectivity index (χ1v) is 10.3. The highest BCUT2D eigenvalue weighted by Crippen LogP contribution is 2.29. The van der Waals surface area contributed by atoms with Crippen molar-refractivity contribution < 1.29 is 4.39 Å². The van der Waals surface area contributed by atoms with Gasteiger partial charge in [-0.05, 0) is 61.2 Å².